The smallest absolute Gasteiger partial charge is 0.148 e. The second-order valence-corrected chi connectivity index (χ2v) is 5.63. The number of hydrogen-bond acceptors (Lipinski definition) is 5. The van der Waals surface area contributed by atoms with Crippen molar-refractivity contribution < 1.29 is 9.13 Å². The Morgan fingerprint density at radius 2 is 2.14 bits per heavy atom. The number of rotatable bonds is 1. The molecule has 112 valence electrons. The summed E-state index contributed by atoms with van der Waals surface area (Å²) in [7, 11) is 0. The van der Waals surface area contributed by atoms with E-state index in [1.807, 2.05) is 19.9 Å². The Labute approximate surface area is 127 Å². The summed E-state index contributed by atoms with van der Waals surface area (Å²) in [5.41, 5.74) is 7.25. The molecule has 22 heavy (non-hydrogen) atoms. The van der Waals surface area contributed by atoms with Crippen molar-refractivity contribution >= 4 is 11.4 Å². The van der Waals surface area contributed by atoms with E-state index in [1.54, 1.807) is 18.2 Å². The van der Waals surface area contributed by atoms with Crippen LogP contribution in [0.4, 0.5) is 10.1 Å². The Morgan fingerprint density at radius 1 is 1.41 bits per heavy atom. The van der Waals surface area contributed by atoms with Gasteiger partial charge in [0.15, 0.2) is 0 Å². The maximum Gasteiger partial charge on any atom is 0.148 e. The number of anilines is 1. The van der Waals surface area contributed by atoms with E-state index in [1.165, 1.54) is 11.1 Å². The van der Waals surface area contributed by atoms with E-state index in [2.05, 4.69) is 11.2 Å². The second-order valence-electron chi connectivity index (χ2n) is 5.63. The quantitative estimate of drug-likeness (QED) is 0.864. The number of ether oxygens (including phenoxy) is 1. The van der Waals surface area contributed by atoms with Gasteiger partial charge in [-0.05, 0) is 32.1 Å². The molecule has 0 radical (unpaired) electrons. The van der Waals surface area contributed by atoms with Crippen LogP contribution in [0.1, 0.15) is 13.8 Å². The third kappa shape index (κ3) is 2.26. The summed E-state index contributed by atoms with van der Waals surface area (Å²) in [5.74, 6) is -0.350. The molecule has 3 rings (SSSR count). The van der Waals surface area contributed by atoms with Crippen molar-refractivity contribution in [3.63, 3.8) is 0 Å². The standard InChI is InChI=1S/C16H15FN4O/c1-16(2)7-10-11(8-18)15(19)21(20-13(10)9-22-16)14-6-4-3-5-12(14)17/h3-7H,9,19H2,1-2H3. The monoisotopic (exact) mass is 298 g/mol. The number of allylic oxidation sites excluding steroid dienone is 1. The summed E-state index contributed by atoms with van der Waals surface area (Å²) in [6, 6.07) is 8.24. The summed E-state index contributed by atoms with van der Waals surface area (Å²) >= 11 is 0. The van der Waals surface area contributed by atoms with Crippen LogP contribution in [0.5, 0.6) is 0 Å². The molecule has 0 aromatic heterocycles. The second kappa shape index (κ2) is 4.97. The molecule has 0 atom stereocenters. The molecule has 0 saturated heterocycles. The molecule has 0 saturated carbocycles. The van der Waals surface area contributed by atoms with E-state index in [9.17, 15) is 9.65 Å². The van der Waals surface area contributed by atoms with Crippen LogP contribution in [0.2, 0.25) is 0 Å². The zero-order chi connectivity index (χ0) is 15.9. The molecule has 2 aliphatic rings. The molecule has 0 unspecified atom stereocenters. The first-order valence-corrected chi connectivity index (χ1v) is 6.82. The molecule has 6 heteroatoms. The minimum Gasteiger partial charge on any atom is -0.383 e. The molecule has 1 aromatic rings. The number of nitriles is 1. The highest BCUT2D eigenvalue weighted by Gasteiger charge is 2.33. The van der Waals surface area contributed by atoms with Gasteiger partial charge in [-0.15, -0.1) is 0 Å². The van der Waals surface area contributed by atoms with Gasteiger partial charge < -0.3 is 10.5 Å². The number of nitrogens with two attached hydrogens (primary N) is 1. The minimum absolute atomic E-state index is 0.111. The first-order valence-electron chi connectivity index (χ1n) is 6.82. The molecular formula is C16H15FN4O. The van der Waals surface area contributed by atoms with Gasteiger partial charge >= 0.3 is 0 Å². The molecule has 0 bridgehead atoms. The van der Waals surface area contributed by atoms with Gasteiger partial charge in [0.2, 0.25) is 0 Å². The fourth-order valence-electron chi connectivity index (χ4n) is 2.45. The zero-order valence-corrected chi connectivity index (χ0v) is 12.3. The zero-order valence-electron chi connectivity index (χ0n) is 12.3. The van der Waals surface area contributed by atoms with Gasteiger partial charge in [0, 0.05) is 5.57 Å². The van der Waals surface area contributed by atoms with E-state index in [0.29, 0.717) is 11.3 Å². The maximum absolute atomic E-state index is 14.0. The van der Waals surface area contributed by atoms with Crippen LogP contribution >= 0.6 is 0 Å². The third-order valence-electron chi connectivity index (χ3n) is 3.55. The van der Waals surface area contributed by atoms with E-state index in [4.69, 9.17) is 10.5 Å². The van der Waals surface area contributed by atoms with Gasteiger partial charge in [0.25, 0.3) is 0 Å². The first-order chi connectivity index (χ1) is 10.4. The van der Waals surface area contributed by atoms with E-state index in [0.717, 1.165) is 0 Å². The first kappa shape index (κ1) is 14.3. The fourth-order valence-corrected chi connectivity index (χ4v) is 2.45. The fraction of sp³-hybridized carbons (Fsp3) is 0.250. The Balaban J connectivity index is 2.16. The number of hydrogen-bond donors (Lipinski definition) is 1. The van der Waals surface area contributed by atoms with Crippen molar-refractivity contribution in [2.24, 2.45) is 10.8 Å². The lowest BCUT2D eigenvalue weighted by molar-refractivity contribution is 0.0409. The van der Waals surface area contributed by atoms with Crippen LogP contribution in [0.15, 0.2) is 52.4 Å². The van der Waals surface area contributed by atoms with Gasteiger partial charge in [0.1, 0.15) is 29.0 Å². The SMILES string of the molecule is CC1(C)C=C2C(=NN(c3ccccc3F)C(N)=C2C#N)CO1. The van der Waals surface area contributed by atoms with Crippen LogP contribution in [0.25, 0.3) is 0 Å². The van der Waals surface area contributed by atoms with Gasteiger partial charge in [-0.3, -0.25) is 0 Å². The predicted octanol–water partition coefficient (Wildman–Crippen LogP) is 2.43. The summed E-state index contributed by atoms with van der Waals surface area (Å²) in [6.45, 7) is 4.03. The van der Waals surface area contributed by atoms with Crippen LogP contribution in [0, 0.1) is 17.1 Å². The molecule has 1 aromatic carbocycles. The van der Waals surface area contributed by atoms with Crippen molar-refractivity contribution in [1.29, 1.82) is 5.26 Å². The normalized spacial score (nSPS) is 20.0. The Kier molecular flexibility index (Phi) is 3.23. The molecule has 0 aliphatic carbocycles. The molecule has 0 amide bonds. The Hall–Kier alpha value is -2.65. The molecule has 2 aliphatic heterocycles. The van der Waals surface area contributed by atoms with E-state index >= 15 is 0 Å². The number of fused-ring (bicyclic) bond motifs is 1. The van der Waals surface area contributed by atoms with Gasteiger partial charge in [-0.2, -0.15) is 10.4 Å². The lowest BCUT2D eigenvalue weighted by Crippen LogP contribution is -2.39. The minimum atomic E-state index is -0.503. The highest BCUT2D eigenvalue weighted by molar-refractivity contribution is 6.08. The lowest BCUT2D eigenvalue weighted by atomic mass is 9.92. The van der Waals surface area contributed by atoms with Crippen molar-refractivity contribution in [2.45, 2.75) is 19.4 Å². The van der Waals surface area contributed by atoms with E-state index in [-0.39, 0.29) is 23.7 Å². The summed E-state index contributed by atoms with van der Waals surface area (Å²) < 4.78 is 19.7. The van der Waals surface area contributed by atoms with Crippen LogP contribution in [0.3, 0.4) is 0 Å². The Bertz CT molecular complexity index is 771. The summed E-state index contributed by atoms with van der Waals surface area (Å²) in [4.78, 5) is 0. The van der Waals surface area contributed by atoms with Crippen molar-refractivity contribution in [3.05, 3.63) is 53.1 Å². The third-order valence-corrected chi connectivity index (χ3v) is 3.55. The number of benzene rings is 1. The lowest BCUT2D eigenvalue weighted by Gasteiger charge is -2.34. The predicted molar refractivity (Wildman–Crippen MR) is 81.3 cm³/mol. The highest BCUT2D eigenvalue weighted by Crippen LogP contribution is 2.33. The highest BCUT2D eigenvalue weighted by atomic mass is 19.1. The summed E-state index contributed by atoms with van der Waals surface area (Å²) in [5, 5.41) is 15.1. The van der Waals surface area contributed by atoms with Crippen LogP contribution < -0.4 is 10.7 Å². The average molecular weight is 298 g/mol. The molecule has 0 fully saturated rings. The van der Waals surface area contributed by atoms with Crippen molar-refractivity contribution in [1.82, 2.24) is 0 Å². The maximum atomic E-state index is 14.0. The number of nitrogens with zero attached hydrogens (tertiary/aromatic N) is 3. The van der Waals surface area contributed by atoms with Crippen LogP contribution in [-0.2, 0) is 4.74 Å². The summed E-state index contributed by atoms with van der Waals surface area (Å²) in [6.07, 6.45) is 1.82. The number of para-hydroxylation sites is 1. The van der Waals surface area contributed by atoms with Crippen molar-refractivity contribution in [2.75, 3.05) is 11.6 Å². The topological polar surface area (TPSA) is 74.6 Å². The molecule has 2 heterocycles. The largest absolute Gasteiger partial charge is 0.383 e. The molecule has 5 nitrogen and oxygen atoms in total. The molecular weight excluding hydrogens is 283 g/mol. The Morgan fingerprint density at radius 3 is 2.82 bits per heavy atom. The number of hydrazone groups is 1. The van der Waals surface area contributed by atoms with Gasteiger partial charge in [0.05, 0.1) is 17.9 Å². The number of halogens is 1. The van der Waals surface area contributed by atoms with Gasteiger partial charge in [-0.25, -0.2) is 9.40 Å². The van der Waals surface area contributed by atoms with E-state index < -0.39 is 11.4 Å². The molecule has 2 N–H and O–H groups in total. The van der Waals surface area contributed by atoms with Crippen LogP contribution in [-0.4, -0.2) is 17.9 Å². The van der Waals surface area contributed by atoms with Gasteiger partial charge in [-0.1, -0.05) is 12.1 Å². The van der Waals surface area contributed by atoms with Crippen molar-refractivity contribution in [3.8, 4) is 6.07 Å². The molecule has 0 spiro atoms. The average Bonchev–Trinajstić information content (AvgIpc) is 2.47.